The Morgan fingerprint density at radius 1 is 1.19 bits per heavy atom. The lowest BCUT2D eigenvalue weighted by molar-refractivity contribution is -0.116. The van der Waals surface area contributed by atoms with Crippen LogP contribution in [0.5, 0.6) is 0 Å². The molecule has 27 heavy (non-hydrogen) atoms. The van der Waals surface area contributed by atoms with Crippen molar-refractivity contribution in [3.63, 3.8) is 0 Å². The fourth-order valence-corrected chi connectivity index (χ4v) is 4.01. The van der Waals surface area contributed by atoms with E-state index in [2.05, 4.69) is 24.4 Å². The Labute approximate surface area is 160 Å². The van der Waals surface area contributed by atoms with Gasteiger partial charge >= 0.3 is 0 Å². The van der Waals surface area contributed by atoms with Gasteiger partial charge in [-0.1, -0.05) is 44.2 Å². The van der Waals surface area contributed by atoms with Gasteiger partial charge < -0.3 is 9.72 Å². The van der Waals surface area contributed by atoms with E-state index in [1.165, 1.54) is 37.7 Å². The van der Waals surface area contributed by atoms with Crippen molar-refractivity contribution < 1.29 is 4.79 Å². The number of anilines is 1. The van der Waals surface area contributed by atoms with Crippen LogP contribution < -0.4 is 5.32 Å². The van der Waals surface area contributed by atoms with Crippen molar-refractivity contribution in [1.82, 2.24) is 9.38 Å². The number of aromatic nitrogens is 2. The van der Waals surface area contributed by atoms with E-state index in [0.717, 1.165) is 34.9 Å². The lowest BCUT2D eigenvalue weighted by Crippen LogP contribution is -2.14. The third-order valence-electron chi connectivity index (χ3n) is 5.56. The number of amides is 1. The van der Waals surface area contributed by atoms with E-state index in [-0.39, 0.29) is 5.91 Å². The Kier molecular flexibility index (Phi) is 5.23. The zero-order chi connectivity index (χ0) is 18.6. The Morgan fingerprint density at radius 3 is 2.89 bits per heavy atom. The van der Waals surface area contributed by atoms with Crippen molar-refractivity contribution in [2.75, 3.05) is 5.32 Å². The summed E-state index contributed by atoms with van der Waals surface area (Å²) < 4.78 is 2.03. The number of fused-ring (bicyclic) bond motifs is 1. The molecule has 0 saturated heterocycles. The smallest absolute Gasteiger partial charge is 0.224 e. The lowest BCUT2D eigenvalue weighted by atomic mass is 9.86. The minimum absolute atomic E-state index is 0.114. The lowest BCUT2D eigenvalue weighted by Gasteiger charge is -2.21. The number of hydrogen-bond donors (Lipinski definition) is 1. The second kappa shape index (κ2) is 7.95. The first-order valence-electron chi connectivity index (χ1n) is 10.0. The van der Waals surface area contributed by atoms with Crippen molar-refractivity contribution in [2.45, 2.75) is 51.9 Å². The number of imidazole rings is 1. The van der Waals surface area contributed by atoms with Gasteiger partial charge in [-0.3, -0.25) is 4.79 Å². The van der Waals surface area contributed by atoms with Crippen molar-refractivity contribution in [3.05, 3.63) is 54.4 Å². The van der Waals surface area contributed by atoms with Crippen LogP contribution in [0, 0.1) is 12.8 Å². The van der Waals surface area contributed by atoms with Crippen LogP contribution in [-0.2, 0) is 4.79 Å². The normalized spacial score (nSPS) is 15.1. The van der Waals surface area contributed by atoms with Crippen LogP contribution in [0.4, 0.5) is 5.69 Å². The number of benzene rings is 1. The first-order valence-corrected chi connectivity index (χ1v) is 10.0. The molecule has 0 atom stereocenters. The molecule has 140 valence electrons. The van der Waals surface area contributed by atoms with Crippen LogP contribution in [-0.4, -0.2) is 15.3 Å². The van der Waals surface area contributed by atoms with E-state index in [4.69, 9.17) is 4.98 Å². The molecule has 2 heterocycles. The number of carbonyl (C=O) groups is 1. The fraction of sp³-hybridized carbons (Fsp3) is 0.391. The quantitative estimate of drug-likeness (QED) is 0.642. The SMILES string of the molecule is Cc1ccn2cc(-c3cccc(NC(=O)CCC4CCCCC4)c3)nc2c1. The van der Waals surface area contributed by atoms with Crippen LogP contribution in [0.1, 0.15) is 50.5 Å². The predicted molar refractivity (Wildman–Crippen MR) is 110 cm³/mol. The Balaban J connectivity index is 1.42. The monoisotopic (exact) mass is 361 g/mol. The average Bonchev–Trinajstić information content (AvgIpc) is 3.11. The molecule has 0 aliphatic heterocycles. The summed E-state index contributed by atoms with van der Waals surface area (Å²) in [4.78, 5) is 17.1. The van der Waals surface area contributed by atoms with E-state index in [1.807, 2.05) is 41.1 Å². The largest absolute Gasteiger partial charge is 0.326 e. The van der Waals surface area contributed by atoms with Gasteiger partial charge in [0.25, 0.3) is 0 Å². The maximum Gasteiger partial charge on any atom is 0.224 e. The number of nitrogens with zero attached hydrogens (tertiary/aromatic N) is 2. The van der Waals surface area contributed by atoms with E-state index in [9.17, 15) is 4.79 Å². The van der Waals surface area contributed by atoms with Gasteiger partial charge in [0, 0.05) is 30.1 Å². The highest BCUT2D eigenvalue weighted by molar-refractivity contribution is 5.91. The van der Waals surface area contributed by atoms with E-state index in [0.29, 0.717) is 6.42 Å². The molecule has 0 spiro atoms. The maximum atomic E-state index is 12.4. The molecule has 1 amide bonds. The molecular weight excluding hydrogens is 334 g/mol. The number of rotatable bonds is 5. The average molecular weight is 361 g/mol. The number of carbonyl (C=O) groups excluding carboxylic acids is 1. The molecule has 1 saturated carbocycles. The van der Waals surface area contributed by atoms with Gasteiger partial charge in [-0.15, -0.1) is 0 Å². The van der Waals surface area contributed by atoms with Crippen LogP contribution >= 0.6 is 0 Å². The highest BCUT2D eigenvalue weighted by Crippen LogP contribution is 2.28. The van der Waals surface area contributed by atoms with E-state index in [1.54, 1.807) is 0 Å². The first kappa shape index (κ1) is 17.8. The van der Waals surface area contributed by atoms with Crippen LogP contribution in [0.25, 0.3) is 16.9 Å². The van der Waals surface area contributed by atoms with Crippen LogP contribution in [0.3, 0.4) is 0 Å². The van der Waals surface area contributed by atoms with Gasteiger partial charge in [0.1, 0.15) is 5.65 Å². The minimum Gasteiger partial charge on any atom is -0.326 e. The molecule has 2 aromatic heterocycles. The topological polar surface area (TPSA) is 46.4 Å². The van der Waals surface area contributed by atoms with E-state index >= 15 is 0 Å². The molecule has 3 aromatic rings. The summed E-state index contributed by atoms with van der Waals surface area (Å²) in [5.41, 5.74) is 4.90. The summed E-state index contributed by atoms with van der Waals surface area (Å²) in [5, 5.41) is 3.06. The highest BCUT2D eigenvalue weighted by Gasteiger charge is 2.15. The molecule has 4 nitrogen and oxygen atoms in total. The molecule has 0 unspecified atom stereocenters. The van der Waals surface area contributed by atoms with Crippen molar-refractivity contribution >= 4 is 17.2 Å². The van der Waals surface area contributed by atoms with Gasteiger partial charge in [0.2, 0.25) is 5.91 Å². The summed E-state index contributed by atoms with van der Waals surface area (Å²) in [6, 6.07) is 12.1. The van der Waals surface area contributed by atoms with Crippen LogP contribution in [0.15, 0.2) is 48.8 Å². The zero-order valence-electron chi connectivity index (χ0n) is 15.9. The molecule has 0 bridgehead atoms. The van der Waals surface area contributed by atoms with Crippen LogP contribution in [0.2, 0.25) is 0 Å². The summed E-state index contributed by atoms with van der Waals surface area (Å²) in [5.74, 6) is 0.848. The molecule has 1 aliphatic rings. The molecule has 1 aliphatic carbocycles. The molecule has 1 fully saturated rings. The maximum absolute atomic E-state index is 12.4. The summed E-state index contributed by atoms with van der Waals surface area (Å²) in [7, 11) is 0. The highest BCUT2D eigenvalue weighted by atomic mass is 16.1. The molecule has 1 N–H and O–H groups in total. The molecular formula is C23H27N3O. The first-order chi connectivity index (χ1) is 13.2. The summed E-state index contributed by atoms with van der Waals surface area (Å²) >= 11 is 0. The molecule has 4 heteroatoms. The number of aryl methyl sites for hydroxylation is 1. The van der Waals surface area contributed by atoms with Gasteiger partial charge in [0.15, 0.2) is 0 Å². The number of hydrogen-bond acceptors (Lipinski definition) is 2. The van der Waals surface area contributed by atoms with Gasteiger partial charge in [-0.05, 0) is 49.1 Å². The standard InChI is InChI=1S/C23H27N3O/c1-17-12-13-26-16-21(25-22(26)14-17)19-8-5-9-20(15-19)24-23(27)11-10-18-6-3-2-4-7-18/h5,8-9,12-16,18H,2-4,6-7,10-11H2,1H3,(H,24,27). The van der Waals surface area contributed by atoms with Gasteiger partial charge in [-0.2, -0.15) is 0 Å². The fourth-order valence-electron chi connectivity index (χ4n) is 4.01. The van der Waals surface area contributed by atoms with Gasteiger partial charge in [-0.25, -0.2) is 4.98 Å². The third-order valence-corrected chi connectivity index (χ3v) is 5.56. The molecule has 1 aromatic carbocycles. The zero-order valence-corrected chi connectivity index (χ0v) is 15.9. The number of pyridine rings is 1. The second-order valence-electron chi connectivity index (χ2n) is 7.77. The van der Waals surface area contributed by atoms with E-state index < -0.39 is 0 Å². The third kappa shape index (κ3) is 4.38. The molecule has 4 rings (SSSR count). The van der Waals surface area contributed by atoms with Gasteiger partial charge in [0.05, 0.1) is 5.69 Å². The van der Waals surface area contributed by atoms with Crippen molar-refractivity contribution in [1.29, 1.82) is 0 Å². The summed E-state index contributed by atoms with van der Waals surface area (Å²) in [6.07, 6.45) is 12.3. The minimum atomic E-state index is 0.114. The van der Waals surface area contributed by atoms with Crippen molar-refractivity contribution in [3.8, 4) is 11.3 Å². The molecule has 0 radical (unpaired) electrons. The number of nitrogens with one attached hydrogen (secondary N) is 1. The second-order valence-corrected chi connectivity index (χ2v) is 7.77. The Hall–Kier alpha value is -2.62. The Bertz CT molecular complexity index is 938. The van der Waals surface area contributed by atoms with Crippen molar-refractivity contribution in [2.24, 2.45) is 5.92 Å². The summed E-state index contributed by atoms with van der Waals surface area (Å²) in [6.45, 7) is 2.07. The Morgan fingerprint density at radius 2 is 2.04 bits per heavy atom. The predicted octanol–water partition coefficient (Wildman–Crippen LogP) is 5.61.